The normalized spacial score (nSPS) is 13.8. The number of methoxy groups -OCH3 is 1. The number of fused-ring (bicyclic) bond motifs is 4. The van der Waals surface area contributed by atoms with Crippen LogP contribution in [0.25, 0.3) is 10.8 Å². The van der Waals surface area contributed by atoms with E-state index in [1.165, 1.54) is 0 Å². The standard InChI is InChI=1S/C22H20N2O3.C19H20N2O4.C16H18N4O3/c25-21(23-27)17-10-11-18-14-24(12-4-7-16(18)13-17)22(26)20-9-3-6-15-5-1-2-8-19(15)20;1-25-17-8-6-13(7-9-17)19(23)21-10-2-3-14-11-15(18(22)20-24)4-5-16(14)12-21;1-19-8-6-14(17-19)16(22)20-7-2-3-11-9-12(15(21)18-23)4-5-13(11)10-20/h1-3,5-6,8-11,13,27H,4,7,12,14H2,(H,23,25);4-9,11,24H,2-3,10,12H2,1H3,(H,20,22);4-6,8-9,23H,2-3,7,10H2,1H3,(H,18,21). The first-order valence-electron chi connectivity index (χ1n) is 24.6. The number of ether oxygens (including phenoxy) is 1. The molecule has 1 aromatic heterocycles. The molecule has 18 heteroatoms. The van der Waals surface area contributed by atoms with E-state index in [0.29, 0.717) is 78.5 Å². The maximum Gasteiger partial charge on any atom is 0.274 e. The van der Waals surface area contributed by atoms with Crippen molar-refractivity contribution in [2.24, 2.45) is 7.05 Å². The Morgan fingerprint density at radius 1 is 0.493 bits per heavy atom. The molecule has 0 spiro atoms. The molecular formula is C57H58N8O10. The molecule has 0 unspecified atom stereocenters. The van der Waals surface area contributed by atoms with Gasteiger partial charge in [-0.3, -0.25) is 49.1 Å². The van der Waals surface area contributed by atoms with Crippen molar-refractivity contribution in [2.45, 2.75) is 58.2 Å². The van der Waals surface area contributed by atoms with Crippen LogP contribution >= 0.6 is 0 Å². The number of aromatic nitrogens is 2. The predicted molar refractivity (Wildman–Crippen MR) is 276 cm³/mol. The van der Waals surface area contributed by atoms with Gasteiger partial charge in [0.05, 0.1) is 7.11 Å². The first-order valence-corrected chi connectivity index (χ1v) is 24.6. The fourth-order valence-corrected chi connectivity index (χ4v) is 9.60. The number of benzene rings is 6. The second-order valence-electron chi connectivity index (χ2n) is 18.4. The average molecular weight is 1020 g/mol. The molecule has 0 atom stereocenters. The molecule has 18 nitrogen and oxygen atoms in total. The van der Waals surface area contributed by atoms with Gasteiger partial charge < -0.3 is 19.4 Å². The molecule has 0 bridgehead atoms. The minimum absolute atomic E-state index is 0.0207. The van der Waals surface area contributed by atoms with Gasteiger partial charge in [-0.15, -0.1) is 0 Å². The quantitative estimate of drug-likeness (QED) is 0.0697. The van der Waals surface area contributed by atoms with Gasteiger partial charge in [0, 0.05) is 80.3 Å². The fraction of sp³-hybridized carbons (Fsp3) is 0.246. The Bertz CT molecular complexity index is 3240. The van der Waals surface area contributed by atoms with Crippen LogP contribution in [0, 0.1) is 0 Å². The molecule has 0 saturated carbocycles. The SMILES string of the molecule is COc1ccc(C(=O)N2CCCc3cc(C(=O)NO)ccc3C2)cc1.Cn1ccc(C(=O)N2CCCc3cc(C(=O)NO)ccc3C2)n1.O=C(NO)c1ccc2c(c1)CCCN(C(=O)c1cccc3ccccc13)C2. The molecule has 4 heterocycles. The third-order valence-electron chi connectivity index (χ3n) is 13.6. The third-order valence-corrected chi connectivity index (χ3v) is 13.6. The van der Waals surface area contributed by atoms with Crippen LogP contribution in [-0.2, 0) is 45.9 Å². The average Bonchev–Trinajstić information content (AvgIpc) is 3.59. The molecule has 0 radical (unpaired) electrons. The lowest BCUT2D eigenvalue weighted by atomic mass is 10.0. The summed E-state index contributed by atoms with van der Waals surface area (Å²) < 4.78 is 6.74. The van der Waals surface area contributed by atoms with E-state index in [2.05, 4.69) is 5.10 Å². The van der Waals surface area contributed by atoms with Gasteiger partial charge in [-0.2, -0.15) is 5.10 Å². The van der Waals surface area contributed by atoms with Crippen molar-refractivity contribution in [3.63, 3.8) is 0 Å². The molecule has 10 rings (SSSR count). The Hall–Kier alpha value is -8.71. The summed E-state index contributed by atoms with van der Waals surface area (Å²) in [6, 6.07) is 38.4. The zero-order chi connectivity index (χ0) is 53.0. The van der Waals surface area contributed by atoms with E-state index in [-0.39, 0.29) is 17.7 Å². The number of hydrogen-bond donors (Lipinski definition) is 6. The summed E-state index contributed by atoms with van der Waals surface area (Å²) in [6.45, 7) is 3.47. The summed E-state index contributed by atoms with van der Waals surface area (Å²) in [7, 11) is 3.37. The van der Waals surface area contributed by atoms with E-state index in [0.717, 1.165) is 82.7 Å². The van der Waals surface area contributed by atoms with E-state index in [4.69, 9.17) is 20.4 Å². The van der Waals surface area contributed by atoms with Gasteiger partial charge in [0.25, 0.3) is 35.4 Å². The van der Waals surface area contributed by atoms with Crippen LogP contribution in [0.3, 0.4) is 0 Å². The van der Waals surface area contributed by atoms with Crippen molar-refractivity contribution >= 4 is 46.2 Å². The van der Waals surface area contributed by atoms with Gasteiger partial charge in [-0.1, -0.05) is 54.6 Å². The van der Waals surface area contributed by atoms with Gasteiger partial charge in [0.15, 0.2) is 0 Å². The lowest BCUT2D eigenvalue weighted by molar-refractivity contribution is 0.0702. The van der Waals surface area contributed by atoms with Crippen LogP contribution in [0.4, 0.5) is 0 Å². The highest BCUT2D eigenvalue weighted by atomic mass is 16.5. The summed E-state index contributed by atoms with van der Waals surface area (Å²) in [4.78, 5) is 78.7. The van der Waals surface area contributed by atoms with Crippen LogP contribution in [0.15, 0.2) is 134 Å². The molecule has 75 heavy (non-hydrogen) atoms. The largest absolute Gasteiger partial charge is 0.497 e. The first-order chi connectivity index (χ1) is 36.4. The molecule has 6 amide bonds. The van der Waals surface area contributed by atoms with Gasteiger partial charge in [0.1, 0.15) is 11.4 Å². The Balaban J connectivity index is 0.000000150. The van der Waals surface area contributed by atoms with Crippen molar-refractivity contribution in [1.82, 2.24) is 40.9 Å². The number of rotatable bonds is 7. The maximum absolute atomic E-state index is 13.2. The number of nitrogens with one attached hydrogen (secondary N) is 3. The highest BCUT2D eigenvalue weighted by Gasteiger charge is 2.25. The molecule has 6 aromatic carbocycles. The second kappa shape index (κ2) is 24.3. The van der Waals surface area contributed by atoms with Crippen molar-refractivity contribution in [2.75, 3.05) is 26.7 Å². The monoisotopic (exact) mass is 1010 g/mol. The predicted octanol–water partition coefficient (Wildman–Crippen LogP) is 7.08. The second-order valence-corrected chi connectivity index (χ2v) is 18.4. The van der Waals surface area contributed by atoms with Crippen molar-refractivity contribution < 1.29 is 49.1 Å². The smallest absolute Gasteiger partial charge is 0.274 e. The van der Waals surface area contributed by atoms with Crippen LogP contribution in [0.5, 0.6) is 5.75 Å². The summed E-state index contributed by atoms with van der Waals surface area (Å²) in [5, 5.41) is 32.5. The summed E-state index contributed by atoms with van der Waals surface area (Å²) in [5.41, 5.74) is 14.2. The zero-order valence-electron chi connectivity index (χ0n) is 41.6. The van der Waals surface area contributed by atoms with E-state index in [1.54, 1.807) is 113 Å². The van der Waals surface area contributed by atoms with Gasteiger partial charge in [-0.05, 0) is 155 Å². The molecule has 3 aliphatic rings. The molecule has 0 fully saturated rings. The third kappa shape index (κ3) is 12.6. The number of carbonyl (C=O) groups is 6. The minimum atomic E-state index is -0.529. The van der Waals surface area contributed by atoms with Crippen molar-refractivity contribution in [1.29, 1.82) is 0 Å². The first kappa shape index (κ1) is 52.6. The van der Waals surface area contributed by atoms with Gasteiger partial charge in [0.2, 0.25) is 0 Å². The highest BCUT2D eigenvalue weighted by Crippen LogP contribution is 2.27. The molecule has 3 aliphatic heterocycles. The summed E-state index contributed by atoms with van der Waals surface area (Å²) in [5.74, 6) is -0.949. The van der Waals surface area contributed by atoms with Gasteiger partial charge in [-0.25, -0.2) is 16.4 Å². The Kier molecular flexibility index (Phi) is 17.1. The number of hydroxylamine groups is 3. The van der Waals surface area contributed by atoms with Crippen LogP contribution in [0.1, 0.15) is 115 Å². The van der Waals surface area contributed by atoms with E-state index in [9.17, 15) is 28.8 Å². The van der Waals surface area contributed by atoms with Crippen LogP contribution in [0.2, 0.25) is 0 Å². The van der Waals surface area contributed by atoms with E-state index in [1.807, 2.05) is 70.5 Å². The topological polar surface area (TPSA) is 236 Å². The fourth-order valence-electron chi connectivity index (χ4n) is 9.60. The number of aryl methyl sites for hydroxylation is 4. The molecule has 386 valence electrons. The van der Waals surface area contributed by atoms with E-state index < -0.39 is 17.7 Å². The maximum atomic E-state index is 13.2. The van der Waals surface area contributed by atoms with Crippen molar-refractivity contribution in [3.05, 3.63) is 200 Å². The summed E-state index contributed by atoms with van der Waals surface area (Å²) >= 11 is 0. The van der Waals surface area contributed by atoms with Crippen molar-refractivity contribution in [3.8, 4) is 5.75 Å². The van der Waals surface area contributed by atoms with Crippen LogP contribution in [-0.4, -0.2) is 102 Å². The van der Waals surface area contributed by atoms with Crippen LogP contribution < -0.4 is 21.2 Å². The number of carbonyl (C=O) groups excluding carboxylic acids is 6. The van der Waals surface area contributed by atoms with Gasteiger partial charge >= 0.3 is 0 Å². The lowest BCUT2D eigenvalue weighted by Gasteiger charge is -2.22. The Labute approximate surface area is 433 Å². The zero-order valence-corrected chi connectivity index (χ0v) is 41.6. The number of hydrogen-bond acceptors (Lipinski definition) is 11. The Morgan fingerprint density at radius 2 is 0.933 bits per heavy atom. The number of nitrogens with zero attached hydrogens (tertiary/aromatic N) is 5. The molecule has 7 aromatic rings. The molecule has 0 aliphatic carbocycles. The summed E-state index contributed by atoms with van der Waals surface area (Å²) in [6.07, 6.45) is 6.57. The highest BCUT2D eigenvalue weighted by molar-refractivity contribution is 6.07. The molecule has 0 saturated heterocycles. The Morgan fingerprint density at radius 3 is 1.39 bits per heavy atom. The lowest BCUT2D eigenvalue weighted by Crippen LogP contribution is -2.31. The van der Waals surface area contributed by atoms with E-state index >= 15 is 0 Å². The molecule has 6 N–H and O–H groups in total. The minimum Gasteiger partial charge on any atom is -0.497 e. The number of amides is 6. The molecular weight excluding hydrogens is 957 g/mol.